The topological polar surface area (TPSA) is 47.3 Å². The summed E-state index contributed by atoms with van der Waals surface area (Å²) in [4.78, 5) is 0. The van der Waals surface area contributed by atoms with Crippen molar-refractivity contribution in [2.24, 2.45) is 11.7 Å². The van der Waals surface area contributed by atoms with Gasteiger partial charge in [0.2, 0.25) is 0 Å². The Hall–Kier alpha value is -0.840. The van der Waals surface area contributed by atoms with Crippen LogP contribution >= 0.6 is 11.6 Å². The highest BCUT2D eigenvalue weighted by Gasteiger charge is 2.22. The van der Waals surface area contributed by atoms with E-state index in [1.54, 1.807) is 6.07 Å². The van der Waals surface area contributed by atoms with Crippen LogP contribution < -0.4 is 15.8 Å². The molecule has 20 heavy (non-hydrogen) atoms. The second-order valence-corrected chi connectivity index (χ2v) is 5.67. The zero-order chi connectivity index (χ0) is 14.5. The van der Waals surface area contributed by atoms with E-state index >= 15 is 0 Å². The largest absolute Gasteiger partial charge is 0.494 e. The van der Waals surface area contributed by atoms with Crippen LogP contribution in [0.15, 0.2) is 12.1 Å². The minimum atomic E-state index is -0.414. The number of rotatable bonds is 5. The highest BCUT2D eigenvalue weighted by Crippen LogP contribution is 2.29. The Kier molecular flexibility index (Phi) is 5.64. The zero-order valence-electron chi connectivity index (χ0n) is 11.8. The maximum Gasteiger partial charge on any atom is 0.142 e. The first kappa shape index (κ1) is 15.5. The summed E-state index contributed by atoms with van der Waals surface area (Å²) in [5, 5.41) is 3.41. The number of piperidine rings is 1. The molecule has 0 aromatic heterocycles. The molecule has 1 unspecified atom stereocenters. The standard InChI is InChI=1S/C15H22ClFN2O/c1-2-20-15-9-12(16)13(17)7-11(15)8-14(18)10-3-5-19-6-4-10/h7,9-10,14,19H,2-6,8,18H2,1H3. The van der Waals surface area contributed by atoms with Crippen LogP contribution in [0.3, 0.4) is 0 Å². The van der Waals surface area contributed by atoms with Crippen molar-refractivity contribution in [2.75, 3.05) is 19.7 Å². The van der Waals surface area contributed by atoms with Crippen LogP contribution in [-0.4, -0.2) is 25.7 Å². The third kappa shape index (κ3) is 3.84. The molecule has 1 saturated heterocycles. The van der Waals surface area contributed by atoms with Gasteiger partial charge in [-0.1, -0.05) is 11.6 Å². The summed E-state index contributed by atoms with van der Waals surface area (Å²) >= 11 is 5.81. The molecule has 1 aliphatic heterocycles. The predicted octanol–water partition coefficient (Wildman–Crippen LogP) is 2.75. The molecule has 3 N–H and O–H groups in total. The highest BCUT2D eigenvalue weighted by molar-refractivity contribution is 6.30. The van der Waals surface area contributed by atoms with E-state index in [1.165, 1.54) is 6.07 Å². The monoisotopic (exact) mass is 300 g/mol. The number of ether oxygens (including phenoxy) is 1. The average molecular weight is 301 g/mol. The Balaban J connectivity index is 2.12. The summed E-state index contributed by atoms with van der Waals surface area (Å²) in [6.45, 7) is 4.43. The SMILES string of the molecule is CCOc1cc(Cl)c(F)cc1CC(N)C1CCNCC1. The van der Waals surface area contributed by atoms with Gasteiger partial charge < -0.3 is 15.8 Å². The molecule has 1 aromatic carbocycles. The third-order valence-electron chi connectivity index (χ3n) is 3.85. The van der Waals surface area contributed by atoms with Crippen molar-refractivity contribution in [1.82, 2.24) is 5.32 Å². The second-order valence-electron chi connectivity index (χ2n) is 5.26. The van der Waals surface area contributed by atoms with Crippen LogP contribution in [0.25, 0.3) is 0 Å². The van der Waals surface area contributed by atoms with E-state index in [0.717, 1.165) is 31.5 Å². The Bertz CT molecular complexity index is 450. The van der Waals surface area contributed by atoms with Crippen LogP contribution in [-0.2, 0) is 6.42 Å². The van der Waals surface area contributed by atoms with E-state index < -0.39 is 5.82 Å². The minimum Gasteiger partial charge on any atom is -0.494 e. The molecule has 1 aromatic rings. The molecule has 0 aliphatic carbocycles. The first-order valence-electron chi connectivity index (χ1n) is 7.18. The van der Waals surface area contributed by atoms with Gasteiger partial charge in [0.1, 0.15) is 11.6 Å². The van der Waals surface area contributed by atoms with Crippen LogP contribution in [0.4, 0.5) is 4.39 Å². The van der Waals surface area contributed by atoms with E-state index in [-0.39, 0.29) is 11.1 Å². The van der Waals surface area contributed by atoms with Crippen molar-refractivity contribution in [2.45, 2.75) is 32.2 Å². The molecule has 112 valence electrons. The fraction of sp³-hybridized carbons (Fsp3) is 0.600. The smallest absolute Gasteiger partial charge is 0.142 e. The van der Waals surface area contributed by atoms with Gasteiger partial charge >= 0.3 is 0 Å². The maximum atomic E-state index is 13.7. The molecule has 1 heterocycles. The maximum absolute atomic E-state index is 13.7. The minimum absolute atomic E-state index is 0.0249. The van der Waals surface area contributed by atoms with E-state index in [4.69, 9.17) is 22.1 Å². The van der Waals surface area contributed by atoms with Gasteiger partial charge in [-0.25, -0.2) is 4.39 Å². The number of benzene rings is 1. The summed E-state index contributed by atoms with van der Waals surface area (Å²) in [5.41, 5.74) is 7.10. The predicted molar refractivity (Wildman–Crippen MR) is 79.9 cm³/mol. The normalized spacial score (nSPS) is 18.0. The second kappa shape index (κ2) is 7.25. The summed E-state index contributed by atoms with van der Waals surface area (Å²) in [7, 11) is 0. The lowest BCUT2D eigenvalue weighted by atomic mass is 9.87. The molecule has 0 amide bonds. The van der Waals surface area contributed by atoms with Crippen molar-refractivity contribution >= 4 is 11.6 Å². The average Bonchev–Trinajstić information content (AvgIpc) is 2.45. The highest BCUT2D eigenvalue weighted by atomic mass is 35.5. The van der Waals surface area contributed by atoms with E-state index in [1.807, 2.05) is 6.92 Å². The molecular weight excluding hydrogens is 279 g/mol. The van der Waals surface area contributed by atoms with E-state index in [2.05, 4.69) is 5.32 Å². The van der Waals surface area contributed by atoms with Crippen LogP contribution in [0.1, 0.15) is 25.3 Å². The molecule has 2 rings (SSSR count). The molecule has 0 saturated carbocycles. The molecule has 0 spiro atoms. The lowest BCUT2D eigenvalue weighted by Crippen LogP contribution is -2.39. The summed E-state index contributed by atoms with van der Waals surface area (Å²) in [6, 6.07) is 3.02. The molecule has 1 aliphatic rings. The molecule has 0 radical (unpaired) electrons. The fourth-order valence-corrected chi connectivity index (χ4v) is 2.87. The Morgan fingerprint density at radius 3 is 2.80 bits per heavy atom. The van der Waals surface area contributed by atoms with Gasteiger partial charge in [0.25, 0.3) is 0 Å². The van der Waals surface area contributed by atoms with Gasteiger partial charge in [0, 0.05) is 12.1 Å². The first-order chi connectivity index (χ1) is 9.61. The summed E-state index contributed by atoms with van der Waals surface area (Å²) < 4.78 is 19.2. The molecule has 3 nitrogen and oxygen atoms in total. The van der Waals surface area contributed by atoms with Gasteiger partial charge in [0.05, 0.1) is 11.6 Å². The van der Waals surface area contributed by atoms with Crippen LogP contribution in [0.2, 0.25) is 5.02 Å². The fourth-order valence-electron chi connectivity index (χ4n) is 2.71. The van der Waals surface area contributed by atoms with Gasteiger partial charge in [-0.15, -0.1) is 0 Å². The third-order valence-corrected chi connectivity index (χ3v) is 4.14. The summed E-state index contributed by atoms with van der Waals surface area (Å²) in [6.07, 6.45) is 2.76. The first-order valence-corrected chi connectivity index (χ1v) is 7.56. The van der Waals surface area contributed by atoms with Crippen molar-refractivity contribution in [3.8, 4) is 5.75 Å². The Morgan fingerprint density at radius 2 is 2.15 bits per heavy atom. The van der Waals surface area contributed by atoms with Crippen molar-refractivity contribution < 1.29 is 9.13 Å². The zero-order valence-corrected chi connectivity index (χ0v) is 12.5. The lowest BCUT2D eigenvalue weighted by molar-refractivity contribution is 0.307. The molecule has 0 bridgehead atoms. The summed E-state index contributed by atoms with van der Waals surface area (Å²) in [5.74, 6) is 0.704. The molecule has 1 atom stereocenters. The number of halogens is 2. The Morgan fingerprint density at radius 1 is 1.45 bits per heavy atom. The lowest BCUT2D eigenvalue weighted by Gasteiger charge is -2.28. The molecule has 1 fully saturated rings. The van der Waals surface area contributed by atoms with Gasteiger partial charge in [-0.05, 0) is 56.8 Å². The number of nitrogens with two attached hydrogens (primary N) is 1. The van der Waals surface area contributed by atoms with Crippen LogP contribution in [0, 0.1) is 11.7 Å². The van der Waals surface area contributed by atoms with Crippen molar-refractivity contribution in [3.05, 3.63) is 28.5 Å². The van der Waals surface area contributed by atoms with Gasteiger partial charge in [-0.3, -0.25) is 0 Å². The van der Waals surface area contributed by atoms with Crippen LogP contribution in [0.5, 0.6) is 5.75 Å². The van der Waals surface area contributed by atoms with Gasteiger partial charge in [0.15, 0.2) is 0 Å². The number of nitrogens with one attached hydrogen (secondary N) is 1. The van der Waals surface area contributed by atoms with E-state index in [0.29, 0.717) is 24.7 Å². The molecular formula is C15H22ClFN2O. The quantitative estimate of drug-likeness (QED) is 0.879. The van der Waals surface area contributed by atoms with Crippen molar-refractivity contribution in [1.29, 1.82) is 0 Å². The number of hydrogen-bond donors (Lipinski definition) is 2. The van der Waals surface area contributed by atoms with E-state index in [9.17, 15) is 4.39 Å². The van der Waals surface area contributed by atoms with Crippen molar-refractivity contribution in [3.63, 3.8) is 0 Å². The molecule has 5 heteroatoms. The Labute approximate surface area is 124 Å². The number of hydrogen-bond acceptors (Lipinski definition) is 3. The van der Waals surface area contributed by atoms with Gasteiger partial charge in [-0.2, -0.15) is 0 Å².